The number of rotatable bonds is 24. The van der Waals surface area contributed by atoms with Crippen molar-refractivity contribution in [1.82, 2.24) is 14.7 Å². The summed E-state index contributed by atoms with van der Waals surface area (Å²) in [5.74, 6) is -6.21. The van der Waals surface area contributed by atoms with E-state index in [-0.39, 0.29) is 70.2 Å². The number of aliphatic hydroxyl groups is 1. The lowest BCUT2D eigenvalue weighted by Gasteiger charge is -2.40. The normalized spacial score (nSPS) is 20.0. The molecule has 0 bridgehead atoms. The third-order valence-electron chi connectivity index (χ3n) is 22.1. The van der Waals surface area contributed by atoms with E-state index in [1.807, 2.05) is 171 Å². The highest BCUT2D eigenvalue weighted by atomic mass is 35.5. The van der Waals surface area contributed by atoms with Gasteiger partial charge in [0.2, 0.25) is 0 Å². The molecule has 4 N–H and O–H groups in total. The third kappa shape index (κ3) is 20.4. The van der Waals surface area contributed by atoms with Crippen molar-refractivity contribution in [2.45, 2.75) is 196 Å². The second-order valence-electron chi connectivity index (χ2n) is 30.2. The van der Waals surface area contributed by atoms with Gasteiger partial charge in [0, 0.05) is 68.4 Å². The Bertz CT molecular complexity index is 4870. The van der Waals surface area contributed by atoms with Gasteiger partial charge in [0.05, 0.1) is 39.0 Å². The van der Waals surface area contributed by atoms with Gasteiger partial charge in [-0.05, 0) is 114 Å². The molecular weight excluding hydrogens is 1540 g/mol. The van der Waals surface area contributed by atoms with Gasteiger partial charge in [-0.2, -0.15) is 0 Å². The van der Waals surface area contributed by atoms with Crippen molar-refractivity contribution in [2.75, 3.05) is 0 Å². The Balaban J connectivity index is 0.000000150. The molecule has 3 aliphatic heterocycles. The molecule has 19 nitrogen and oxygen atoms in total. The Morgan fingerprint density at radius 1 is 0.417 bits per heavy atom. The molecular formula is C91H90Cl3F2N3O16. The highest BCUT2D eigenvalue weighted by Crippen LogP contribution is 2.46. The van der Waals surface area contributed by atoms with Crippen LogP contribution in [0.15, 0.2) is 218 Å². The number of amides is 3. The summed E-state index contributed by atoms with van der Waals surface area (Å²) in [7, 11) is 0. The lowest BCUT2D eigenvalue weighted by molar-refractivity contribution is -0.193. The van der Waals surface area contributed by atoms with Gasteiger partial charge in [-0.3, -0.25) is 14.4 Å². The van der Waals surface area contributed by atoms with Crippen molar-refractivity contribution in [3.63, 3.8) is 0 Å². The van der Waals surface area contributed by atoms with Gasteiger partial charge in [0.15, 0.2) is 18.3 Å². The number of alkyl halides is 2. The van der Waals surface area contributed by atoms with Crippen LogP contribution in [0.3, 0.4) is 0 Å². The second kappa shape index (κ2) is 37.6. The van der Waals surface area contributed by atoms with Crippen molar-refractivity contribution in [3.05, 3.63) is 300 Å². The number of carbonyl (C=O) groups is 6. The van der Waals surface area contributed by atoms with Crippen molar-refractivity contribution >= 4 is 70.4 Å². The Morgan fingerprint density at radius 2 is 0.713 bits per heavy atom. The summed E-state index contributed by atoms with van der Waals surface area (Å²) in [6.07, 6.45) is 1.16. The smallest absolute Gasteiger partial charge is 0.326 e. The predicted octanol–water partition coefficient (Wildman–Crippen LogP) is 17.5. The van der Waals surface area contributed by atoms with Gasteiger partial charge < -0.3 is 63.5 Å². The first kappa shape index (κ1) is 82.7. The van der Waals surface area contributed by atoms with Gasteiger partial charge in [-0.25, -0.2) is 23.2 Å². The molecule has 24 heteroatoms. The summed E-state index contributed by atoms with van der Waals surface area (Å²) in [6.45, 7) is 3.09. The van der Waals surface area contributed by atoms with Crippen LogP contribution < -0.4 is 14.2 Å². The van der Waals surface area contributed by atoms with E-state index in [2.05, 4.69) is 0 Å². The van der Waals surface area contributed by atoms with Crippen LogP contribution in [-0.2, 0) is 102 Å². The first-order valence-electron chi connectivity index (χ1n) is 38.7. The van der Waals surface area contributed by atoms with Crippen molar-refractivity contribution in [1.29, 1.82) is 0 Å². The van der Waals surface area contributed by atoms with Crippen LogP contribution in [0.4, 0.5) is 8.78 Å². The standard InChI is InChI=1S/C31H32ClNO6.C31H32ClNO5.C29H26ClF2NO5/c32-26-16-11-22-18-33(27(31(36)37)17-25(22)29(26)38-19-20-7-3-1-4-8-20)30(35)28(21-9-5-2-6-10-21)39-24-14-12-23(34)13-15-24;1-31(16-8-9-17-31)38-27(22-12-6-3-7-13-22)29(34)33-19-23-14-15-25(32)28(24(23)18-26(33)30(35)36)37-20-21-10-4-2-5-11-21;30-23-12-11-20-16-33(24(28(35)36)13-22(20)26(23)37-17-18-7-3-1-4-8-18)27(34)25(19-9-5-2-6-10-19)38-21-14-29(31,32)15-21/h1-11,16,23-24,27-28,34H,12-15,17-19H2,(H,36,37);2-7,10-15,26-27H,8-9,16-20H2,1H3,(H,35,36);1-12,21,24-25H,13-17H2,(H,35,36). The molecule has 115 heavy (non-hydrogen) atoms. The van der Waals surface area contributed by atoms with Gasteiger partial charge in [0.25, 0.3) is 23.6 Å². The summed E-state index contributed by atoms with van der Waals surface area (Å²) in [5.41, 5.74) is 8.69. The van der Waals surface area contributed by atoms with Crippen LogP contribution in [-0.4, -0.2) is 119 Å². The molecule has 3 amide bonds. The fourth-order valence-corrected chi connectivity index (χ4v) is 16.5. The van der Waals surface area contributed by atoms with E-state index in [1.54, 1.807) is 54.6 Å². The number of fused-ring (bicyclic) bond motifs is 3. The van der Waals surface area contributed by atoms with E-state index in [9.17, 15) is 58.0 Å². The molecule has 3 aliphatic carbocycles. The number of ether oxygens (including phenoxy) is 6. The first-order valence-corrected chi connectivity index (χ1v) is 39.8. The number of carbonyl (C=O) groups excluding carboxylic acids is 3. The molecule has 9 aromatic carbocycles. The summed E-state index contributed by atoms with van der Waals surface area (Å²) in [5, 5.41) is 41.6. The van der Waals surface area contributed by atoms with Crippen LogP contribution in [0.25, 0.3) is 0 Å². The molecule has 3 fully saturated rings. The van der Waals surface area contributed by atoms with Gasteiger partial charge in [-0.15, -0.1) is 0 Å². The maximum atomic E-state index is 14.1. The predicted molar refractivity (Wildman–Crippen MR) is 428 cm³/mol. The molecule has 0 aromatic heterocycles. The molecule has 3 saturated carbocycles. The zero-order valence-electron chi connectivity index (χ0n) is 63.3. The van der Waals surface area contributed by atoms with Crippen LogP contribution in [0, 0.1) is 0 Å². The summed E-state index contributed by atoms with van der Waals surface area (Å²) < 4.78 is 64.0. The number of halogens is 5. The minimum atomic E-state index is -2.82. The average molecular weight is 1630 g/mol. The van der Waals surface area contributed by atoms with Crippen molar-refractivity contribution < 1.29 is 86.4 Å². The molecule has 6 atom stereocenters. The fourth-order valence-electron chi connectivity index (χ4n) is 15.8. The number of benzene rings is 9. The molecule has 0 saturated heterocycles. The quantitative estimate of drug-likeness (QED) is 0.0439. The van der Waals surface area contributed by atoms with Crippen LogP contribution in [0.2, 0.25) is 15.1 Å². The number of hydrogen-bond acceptors (Lipinski definition) is 13. The van der Waals surface area contributed by atoms with Crippen LogP contribution in [0.5, 0.6) is 17.2 Å². The molecule has 0 radical (unpaired) electrons. The summed E-state index contributed by atoms with van der Waals surface area (Å²) in [4.78, 5) is 83.4. The maximum Gasteiger partial charge on any atom is 0.326 e. The summed E-state index contributed by atoms with van der Waals surface area (Å²) >= 11 is 19.5. The van der Waals surface area contributed by atoms with Gasteiger partial charge >= 0.3 is 17.9 Å². The number of aliphatic carboxylic acids is 3. The largest absolute Gasteiger partial charge is 0.487 e. The van der Waals surface area contributed by atoms with E-state index >= 15 is 0 Å². The van der Waals surface area contributed by atoms with E-state index in [1.165, 1.54) is 14.7 Å². The lowest BCUT2D eigenvalue weighted by Crippen LogP contribution is -2.51. The Morgan fingerprint density at radius 3 is 1.03 bits per heavy atom. The molecule has 6 unspecified atom stereocenters. The topological polar surface area (TPSA) is 248 Å². The Kier molecular flexibility index (Phi) is 27.0. The monoisotopic (exact) mass is 1620 g/mol. The molecule has 3 heterocycles. The van der Waals surface area contributed by atoms with E-state index in [0.717, 1.165) is 64.6 Å². The zero-order valence-corrected chi connectivity index (χ0v) is 65.6. The Labute approximate surface area is 681 Å². The van der Waals surface area contributed by atoms with Crippen molar-refractivity contribution in [2.24, 2.45) is 0 Å². The minimum absolute atomic E-state index is 0.0164. The van der Waals surface area contributed by atoms with E-state index in [4.69, 9.17) is 63.2 Å². The van der Waals surface area contributed by atoms with Crippen LogP contribution in [0.1, 0.15) is 156 Å². The average Bonchev–Trinajstić information content (AvgIpc) is 1.49. The summed E-state index contributed by atoms with van der Waals surface area (Å²) in [6, 6.07) is 63.1. The zero-order chi connectivity index (χ0) is 80.9. The molecule has 0 spiro atoms. The van der Waals surface area contributed by atoms with Gasteiger partial charge in [-0.1, -0.05) is 248 Å². The first-order chi connectivity index (χ1) is 55.5. The van der Waals surface area contributed by atoms with E-state index in [0.29, 0.717) is 92.4 Å². The maximum absolute atomic E-state index is 14.1. The second-order valence-corrected chi connectivity index (χ2v) is 31.4. The fraction of sp³-hybridized carbons (Fsp3) is 0.341. The highest BCUT2D eigenvalue weighted by Gasteiger charge is 2.50. The highest BCUT2D eigenvalue weighted by molar-refractivity contribution is 6.33. The number of carboxylic acid groups (broad SMARTS) is 3. The SMILES string of the molecule is CC1(OC(C(=O)N2Cc3ccc(Cl)c(OCc4ccccc4)c3CC2C(=O)O)c2ccccc2)CCCC1.O=C(O)C1Cc2c(ccc(Cl)c2OCc2ccccc2)CN1C(=O)C(OC1CC(F)(F)C1)c1ccccc1.O=C(O)C1Cc2c(ccc(Cl)c2OCc2ccccc2)CN1C(=O)C(OC1CCC(O)CC1)c1ccccc1. The number of carboxylic acids is 3. The van der Waals surface area contributed by atoms with Gasteiger partial charge in [0.1, 0.15) is 55.2 Å². The molecule has 6 aliphatic rings. The number of aliphatic hydroxyl groups excluding tert-OH is 1. The van der Waals surface area contributed by atoms with E-state index < -0.39 is 96.6 Å². The van der Waals surface area contributed by atoms with Crippen LogP contribution >= 0.6 is 34.8 Å². The molecule has 15 rings (SSSR count). The lowest BCUT2D eigenvalue weighted by atomic mass is 9.90. The Hall–Kier alpha value is -10.2. The molecule has 600 valence electrons. The van der Waals surface area contributed by atoms with Crippen molar-refractivity contribution in [3.8, 4) is 17.2 Å². The number of hydrogen-bond donors (Lipinski definition) is 4. The third-order valence-corrected chi connectivity index (χ3v) is 22.9. The minimum Gasteiger partial charge on any atom is -0.487 e. The number of nitrogens with zero attached hydrogens (tertiary/aromatic N) is 3. The molecule has 9 aromatic rings.